The van der Waals surface area contributed by atoms with Crippen LogP contribution in [0.5, 0.6) is 0 Å². The fourth-order valence-electron chi connectivity index (χ4n) is 5.15. The lowest BCUT2D eigenvalue weighted by Crippen LogP contribution is -2.50. The van der Waals surface area contributed by atoms with Gasteiger partial charge < -0.3 is 15.1 Å². The number of hydrogen-bond donors (Lipinski definition) is 1. The van der Waals surface area contributed by atoms with E-state index in [1.807, 2.05) is 11.0 Å². The van der Waals surface area contributed by atoms with E-state index in [1.165, 1.54) is 11.3 Å². The molecule has 8 nitrogen and oxygen atoms in total. The van der Waals surface area contributed by atoms with E-state index in [-0.39, 0.29) is 28.5 Å². The molecule has 8 heteroatoms. The molecule has 4 rings (SSSR count). The molecule has 2 aliphatic rings. The van der Waals surface area contributed by atoms with Crippen LogP contribution in [-0.2, 0) is 4.79 Å². The first-order chi connectivity index (χ1) is 16.8. The third kappa shape index (κ3) is 6.31. The molecule has 0 bridgehead atoms. The number of piperidine rings is 1. The summed E-state index contributed by atoms with van der Waals surface area (Å²) in [7, 11) is 0. The van der Waals surface area contributed by atoms with Crippen LogP contribution < -0.4 is 10.2 Å². The maximum atomic E-state index is 13.1. The Balaban J connectivity index is 1.20. The molecule has 0 radical (unpaired) electrons. The highest BCUT2D eigenvalue weighted by Gasteiger charge is 2.28. The molecule has 1 N–H and O–H groups in total. The summed E-state index contributed by atoms with van der Waals surface area (Å²) in [5.74, 6) is 0.235. The van der Waals surface area contributed by atoms with Crippen molar-refractivity contribution in [3.05, 3.63) is 63.7 Å². The maximum Gasteiger partial charge on any atom is 0.272 e. The van der Waals surface area contributed by atoms with Crippen LogP contribution >= 0.6 is 0 Å². The molecule has 0 spiro atoms. The Morgan fingerprint density at radius 2 is 1.69 bits per heavy atom. The van der Waals surface area contributed by atoms with Gasteiger partial charge in [-0.1, -0.05) is 24.6 Å². The number of nitro groups is 1. The van der Waals surface area contributed by atoms with Crippen molar-refractivity contribution in [1.82, 2.24) is 9.80 Å². The summed E-state index contributed by atoms with van der Waals surface area (Å²) in [5.41, 5.74) is 4.25. The average molecular weight is 480 g/mol. The van der Waals surface area contributed by atoms with Crippen LogP contribution in [-0.4, -0.2) is 72.5 Å². The van der Waals surface area contributed by atoms with Gasteiger partial charge in [-0.3, -0.25) is 19.8 Å². The van der Waals surface area contributed by atoms with Crippen LogP contribution in [0.1, 0.15) is 30.9 Å². The molecule has 1 unspecified atom stereocenters. The Morgan fingerprint density at radius 1 is 1.03 bits per heavy atom. The van der Waals surface area contributed by atoms with E-state index < -0.39 is 0 Å². The van der Waals surface area contributed by atoms with Gasteiger partial charge in [-0.15, -0.1) is 0 Å². The van der Waals surface area contributed by atoms with Gasteiger partial charge in [-0.25, -0.2) is 0 Å². The van der Waals surface area contributed by atoms with E-state index >= 15 is 0 Å². The number of nitrogens with one attached hydrogen (secondary N) is 1. The summed E-state index contributed by atoms with van der Waals surface area (Å²) in [4.78, 5) is 30.6. The first kappa shape index (κ1) is 25.0. The van der Waals surface area contributed by atoms with Crippen LogP contribution in [0.25, 0.3) is 0 Å². The van der Waals surface area contributed by atoms with Gasteiger partial charge in [-0.2, -0.15) is 0 Å². The molecular formula is C27H37N5O3. The second-order valence-corrected chi connectivity index (χ2v) is 10.0. The number of carbonyl (C=O) groups excluding carboxylic acids is 1. The lowest BCUT2D eigenvalue weighted by molar-refractivity contribution is -0.385. The van der Waals surface area contributed by atoms with Crippen LogP contribution in [0.4, 0.5) is 17.1 Å². The molecule has 1 atom stereocenters. The van der Waals surface area contributed by atoms with E-state index in [0.717, 1.165) is 64.3 Å². The lowest BCUT2D eigenvalue weighted by Gasteiger charge is -2.38. The molecule has 188 valence electrons. The zero-order valence-corrected chi connectivity index (χ0v) is 21.1. The Kier molecular flexibility index (Phi) is 7.90. The molecule has 35 heavy (non-hydrogen) atoms. The van der Waals surface area contributed by atoms with E-state index in [4.69, 9.17) is 0 Å². The van der Waals surface area contributed by atoms with Gasteiger partial charge in [0.25, 0.3) is 5.69 Å². The second-order valence-electron chi connectivity index (χ2n) is 10.0. The number of nitrogens with zero attached hydrogens (tertiary/aromatic N) is 4. The number of anilines is 2. The highest BCUT2D eigenvalue weighted by Crippen LogP contribution is 2.24. The Hall–Kier alpha value is -3.13. The summed E-state index contributed by atoms with van der Waals surface area (Å²) in [5, 5.41) is 14.5. The first-order valence-corrected chi connectivity index (χ1v) is 12.6. The van der Waals surface area contributed by atoms with Gasteiger partial charge in [0.15, 0.2) is 0 Å². The molecule has 1 amide bonds. The van der Waals surface area contributed by atoms with Crippen molar-refractivity contribution in [3.8, 4) is 0 Å². The van der Waals surface area contributed by atoms with Crippen LogP contribution in [0.2, 0.25) is 0 Å². The smallest absolute Gasteiger partial charge is 0.272 e. The van der Waals surface area contributed by atoms with Crippen LogP contribution in [0.15, 0.2) is 42.5 Å². The Morgan fingerprint density at radius 3 is 2.29 bits per heavy atom. The van der Waals surface area contributed by atoms with Crippen molar-refractivity contribution in [3.63, 3.8) is 0 Å². The summed E-state index contributed by atoms with van der Waals surface area (Å²) < 4.78 is 0. The van der Waals surface area contributed by atoms with Crippen LogP contribution in [0, 0.1) is 29.9 Å². The zero-order chi connectivity index (χ0) is 24.9. The van der Waals surface area contributed by atoms with Crippen molar-refractivity contribution in [2.24, 2.45) is 5.92 Å². The Bertz CT molecular complexity index is 1030. The number of nitro benzene ring substituents is 1. The van der Waals surface area contributed by atoms with Gasteiger partial charge in [0.2, 0.25) is 5.91 Å². The van der Waals surface area contributed by atoms with E-state index in [0.29, 0.717) is 5.56 Å². The SMILES string of the molecule is Cc1ccc(N2CCN(CC(C)C(=O)N3CCC(Nc4ccc([N+](=O)[O-])c(C)c4)CC3)CC2)cc1. The molecule has 0 aromatic heterocycles. The van der Waals surface area contributed by atoms with Crippen molar-refractivity contribution < 1.29 is 9.72 Å². The van der Waals surface area contributed by atoms with Crippen molar-refractivity contribution >= 4 is 23.0 Å². The van der Waals surface area contributed by atoms with Gasteiger partial charge in [0.05, 0.1) is 4.92 Å². The first-order valence-electron chi connectivity index (χ1n) is 12.6. The summed E-state index contributed by atoms with van der Waals surface area (Å²) in [6.07, 6.45) is 1.76. The van der Waals surface area contributed by atoms with Crippen molar-refractivity contribution in [1.29, 1.82) is 0 Å². The number of piperazine rings is 1. The summed E-state index contributed by atoms with van der Waals surface area (Å²) in [6, 6.07) is 14.1. The number of aryl methyl sites for hydroxylation is 2. The molecule has 2 fully saturated rings. The van der Waals surface area contributed by atoms with Gasteiger partial charge in [-0.05, 0) is 51.0 Å². The largest absolute Gasteiger partial charge is 0.382 e. The van der Waals surface area contributed by atoms with Crippen molar-refractivity contribution in [2.75, 3.05) is 56.0 Å². The molecule has 0 aliphatic carbocycles. The molecule has 2 aliphatic heterocycles. The molecule has 2 saturated heterocycles. The van der Waals surface area contributed by atoms with Crippen molar-refractivity contribution in [2.45, 2.75) is 39.7 Å². The topological polar surface area (TPSA) is 82.0 Å². The normalized spacial score (nSPS) is 18.4. The van der Waals surface area contributed by atoms with E-state index in [2.05, 4.69) is 53.2 Å². The van der Waals surface area contributed by atoms with Gasteiger partial charge >= 0.3 is 0 Å². The predicted molar refractivity (Wildman–Crippen MR) is 140 cm³/mol. The fraction of sp³-hybridized carbons (Fsp3) is 0.519. The summed E-state index contributed by atoms with van der Waals surface area (Å²) in [6.45, 7) is 12.2. The number of rotatable bonds is 7. The molecule has 2 aromatic carbocycles. The average Bonchev–Trinajstić information content (AvgIpc) is 2.85. The maximum absolute atomic E-state index is 13.1. The zero-order valence-electron chi connectivity index (χ0n) is 21.1. The summed E-state index contributed by atoms with van der Waals surface area (Å²) >= 11 is 0. The van der Waals surface area contributed by atoms with E-state index in [1.54, 1.807) is 19.1 Å². The predicted octanol–water partition coefficient (Wildman–Crippen LogP) is 4.07. The lowest BCUT2D eigenvalue weighted by atomic mass is 10.0. The molecule has 0 saturated carbocycles. The minimum atomic E-state index is -0.353. The van der Waals surface area contributed by atoms with E-state index in [9.17, 15) is 14.9 Å². The van der Waals surface area contributed by atoms with Gasteiger partial charge in [0, 0.05) is 80.8 Å². The van der Waals surface area contributed by atoms with Crippen LogP contribution in [0.3, 0.4) is 0 Å². The standard InChI is InChI=1S/C27H37N5O3/c1-20-4-7-25(8-5-20)30-16-14-29(15-17-30)19-22(3)27(33)31-12-10-23(11-13-31)28-24-6-9-26(32(34)35)21(2)18-24/h4-9,18,22-23,28H,10-17,19H2,1-3H3. The second kappa shape index (κ2) is 11.1. The fourth-order valence-corrected chi connectivity index (χ4v) is 5.15. The number of likely N-dealkylation sites (tertiary alicyclic amines) is 1. The number of benzene rings is 2. The number of hydrogen-bond acceptors (Lipinski definition) is 6. The quantitative estimate of drug-likeness (QED) is 0.476. The molecular weight excluding hydrogens is 442 g/mol. The number of carbonyl (C=O) groups is 1. The minimum Gasteiger partial charge on any atom is -0.382 e. The third-order valence-electron chi connectivity index (χ3n) is 7.30. The highest BCUT2D eigenvalue weighted by atomic mass is 16.6. The highest BCUT2D eigenvalue weighted by molar-refractivity contribution is 5.78. The number of amides is 1. The molecule has 2 heterocycles. The Labute approximate surface area is 208 Å². The monoisotopic (exact) mass is 479 g/mol. The molecule has 2 aromatic rings. The van der Waals surface area contributed by atoms with Gasteiger partial charge in [0.1, 0.15) is 0 Å². The third-order valence-corrected chi connectivity index (χ3v) is 7.30. The minimum absolute atomic E-state index is 0.0113.